The lowest BCUT2D eigenvalue weighted by atomic mass is 10.3. The minimum Gasteiger partial charge on any atom is -0.258 e. The molecule has 0 spiro atoms. The zero-order valence-electron chi connectivity index (χ0n) is 7.80. The molecule has 0 unspecified atom stereocenters. The number of halogens is 2. The van der Waals surface area contributed by atoms with Gasteiger partial charge in [-0.25, -0.2) is 4.68 Å². The van der Waals surface area contributed by atoms with Crippen LogP contribution in [0.5, 0.6) is 0 Å². The Kier molecular flexibility index (Phi) is 3.06. The van der Waals surface area contributed by atoms with Gasteiger partial charge in [0.15, 0.2) is 0 Å². The second-order valence-electron chi connectivity index (χ2n) is 2.99. The highest BCUT2D eigenvalue weighted by Crippen LogP contribution is 2.26. The predicted octanol–water partition coefficient (Wildman–Crippen LogP) is 3.31. The van der Waals surface area contributed by atoms with Crippen molar-refractivity contribution in [1.82, 2.24) is 9.78 Å². The Labute approximate surface area is 107 Å². The Balaban J connectivity index is 2.62. The summed E-state index contributed by atoms with van der Waals surface area (Å²) in [5.74, 6) is 0. The fourth-order valence-electron chi connectivity index (χ4n) is 1.27. The Morgan fingerprint density at radius 3 is 2.62 bits per heavy atom. The standard InChI is InChI=1S/C9H5Br2N3O2/c10-6-1-2-8(14(15)16)9(3-6)13-5-7(11)4-12-13/h1-5H. The van der Waals surface area contributed by atoms with E-state index in [0.717, 1.165) is 8.95 Å². The van der Waals surface area contributed by atoms with Crippen molar-refractivity contribution in [2.45, 2.75) is 0 Å². The molecule has 0 aliphatic rings. The van der Waals surface area contributed by atoms with Crippen molar-refractivity contribution in [2.24, 2.45) is 0 Å². The van der Waals surface area contributed by atoms with Crippen LogP contribution in [0.4, 0.5) is 5.69 Å². The summed E-state index contributed by atoms with van der Waals surface area (Å²) in [6.07, 6.45) is 3.24. The molecule has 0 N–H and O–H groups in total. The summed E-state index contributed by atoms with van der Waals surface area (Å²) in [6.45, 7) is 0. The third-order valence-electron chi connectivity index (χ3n) is 1.93. The van der Waals surface area contributed by atoms with Crippen molar-refractivity contribution in [1.29, 1.82) is 0 Å². The molecule has 7 heteroatoms. The zero-order chi connectivity index (χ0) is 11.7. The number of hydrogen-bond donors (Lipinski definition) is 0. The highest BCUT2D eigenvalue weighted by atomic mass is 79.9. The number of rotatable bonds is 2. The summed E-state index contributed by atoms with van der Waals surface area (Å²) in [4.78, 5) is 10.4. The van der Waals surface area contributed by atoms with Crippen molar-refractivity contribution < 1.29 is 4.92 Å². The van der Waals surface area contributed by atoms with Gasteiger partial charge in [0.25, 0.3) is 5.69 Å². The fraction of sp³-hybridized carbons (Fsp3) is 0. The maximum absolute atomic E-state index is 10.9. The molecule has 82 valence electrons. The molecule has 0 bridgehead atoms. The quantitative estimate of drug-likeness (QED) is 0.619. The third kappa shape index (κ3) is 2.14. The lowest BCUT2D eigenvalue weighted by molar-refractivity contribution is -0.384. The SMILES string of the molecule is O=[N+]([O-])c1ccc(Br)cc1-n1cc(Br)cn1. The van der Waals surface area contributed by atoms with Gasteiger partial charge in [-0.1, -0.05) is 15.9 Å². The van der Waals surface area contributed by atoms with Crippen LogP contribution in [-0.4, -0.2) is 14.7 Å². The third-order valence-corrected chi connectivity index (χ3v) is 2.83. The second kappa shape index (κ2) is 4.34. The van der Waals surface area contributed by atoms with E-state index in [4.69, 9.17) is 0 Å². The van der Waals surface area contributed by atoms with Gasteiger partial charge in [-0.15, -0.1) is 0 Å². The first-order valence-electron chi connectivity index (χ1n) is 4.22. The molecule has 1 heterocycles. The molecule has 0 atom stereocenters. The molecule has 0 fully saturated rings. The van der Waals surface area contributed by atoms with Crippen LogP contribution < -0.4 is 0 Å². The summed E-state index contributed by atoms with van der Waals surface area (Å²) in [7, 11) is 0. The van der Waals surface area contributed by atoms with Crippen LogP contribution in [0.1, 0.15) is 0 Å². The molecule has 0 aliphatic carbocycles. The first-order valence-corrected chi connectivity index (χ1v) is 5.81. The van der Waals surface area contributed by atoms with E-state index in [1.165, 1.54) is 10.7 Å². The van der Waals surface area contributed by atoms with Crippen LogP contribution >= 0.6 is 31.9 Å². The fourth-order valence-corrected chi connectivity index (χ4v) is 1.90. The molecular weight excluding hydrogens is 342 g/mol. The summed E-state index contributed by atoms with van der Waals surface area (Å²) in [6, 6.07) is 4.72. The smallest absolute Gasteiger partial charge is 0.258 e. The molecular formula is C9H5Br2N3O2. The number of aromatic nitrogens is 2. The van der Waals surface area contributed by atoms with E-state index < -0.39 is 4.92 Å². The molecule has 5 nitrogen and oxygen atoms in total. The lowest BCUT2D eigenvalue weighted by Crippen LogP contribution is -2.00. The van der Waals surface area contributed by atoms with Crippen LogP contribution in [0.2, 0.25) is 0 Å². The number of benzene rings is 1. The van der Waals surface area contributed by atoms with E-state index in [1.54, 1.807) is 24.5 Å². The summed E-state index contributed by atoms with van der Waals surface area (Å²) in [5.41, 5.74) is 0.434. The van der Waals surface area contributed by atoms with Gasteiger partial charge in [-0.2, -0.15) is 5.10 Å². The predicted molar refractivity (Wildman–Crippen MR) is 65.6 cm³/mol. The van der Waals surface area contributed by atoms with Gasteiger partial charge < -0.3 is 0 Å². The Morgan fingerprint density at radius 2 is 2.06 bits per heavy atom. The van der Waals surface area contributed by atoms with Crippen molar-refractivity contribution in [3.05, 3.63) is 49.7 Å². The monoisotopic (exact) mass is 345 g/mol. The molecule has 1 aromatic carbocycles. The van der Waals surface area contributed by atoms with E-state index in [1.807, 2.05) is 0 Å². The maximum atomic E-state index is 10.9. The normalized spacial score (nSPS) is 10.4. The topological polar surface area (TPSA) is 61.0 Å². The van der Waals surface area contributed by atoms with E-state index in [9.17, 15) is 10.1 Å². The van der Waals surface area contributed by atoms with Crippen molar-refractivity contribution in [2.75, 3.05) is 0 Å². The number of nitro groups is 1. The van der Waals surface area contributed by atoms with Crippen molar-refractivity contribution >= 4 is 37.5 Å². The first-order chi connectivity index (χ1) is 7.58. The van der Waals surface area contributed by atoms with E-state index in [-0.39, 0.29) is 5.69 Å². The van der Waals surface area contributed by atoms with Crippen LogP contribution in [0.15, 0.2) is 39.5 Å². The maximum Gasteiger partial charge on any atom is 0.294 e. The van der Waals surface area contributed by atoms with Crippen LogP contribution in [-0.2, 0) is 0 Å². The van der Waals surface area contributed by atoms with Crippen molar-refractivity contribution in [3.8, 4) is 5.69 Å². The largest absolute Gasteiger partial charge is 0.294 e. The number of nitro benzene ring substituents is 1. The second-order valence-corrected chi connectivity index (χ2v) is 4.82. The van der Waals surface area contributed by atoms with E-state index in [2.05, 4.69) is 37.0 Å². The molecule has 0 saturated heterocycles. The Bertz CT molecular complexity index is 553. The average molecular weight is 347 g/mol. The van der Waals surface area contributed by atoms with Gasteiger partial charge >= 0.3 is 0 Å². The number of nitrogens with zero attached hydrogens (tertiary/aromatic N) is 3. The molecule has 16 heavy (non-hydrogen) atoms. The minimum absolute atomic E-state index is 0.0128. The zero-order valence-corrected chi connectivity index (χ0v) is 11.0. The molecule has 0 radical (unpaired) electrons. The molecule has 2 aromatic rings. The summed E-state index contributed by atoms with van der Waals surface area (Å²) < 4.78 is 2.98. The van der Waals surface area contributed by atoms with Crippen LogP contribution in [0.25, 0.3) is 5.69 Å². The van der Waals surface area contributed by atoms with Gasteiger partial charge in [0, 0.05) is 16.7 Å². The van der Waals surface area contributed by atoms with Gasteiger partial charge in [0.1, 0.15) is 5.69 Å². The van der Waals surface area contributed by atoms with Gasteiger partial charge in [0.05, 0.1) is 15.6 Å². The van der Waals surface area contributed by atoms with E-state index in [0.29, 0.717) is 5.69 Å². The first kappa shape index (κ1) is 11.3. The van der Waals surface area contributed by atoms with Crippen LogP contribution in [0, 0.1) is 10.1 Å². The molecule has 1 aromatic heterocycles. The van der Waals surface area contributed by atoms with Crippen LogP contribution in [0.3, 0.4) is 0 Å². The molecule has 2 rings (SSSR count). The Morgan fingerprint density at radius 1 is 1.31 bits per heavy atom. The summed E-state index contributed by atoms with van der Waals surface area (Å²) >= 11 is 6.52. The van der Waals surface area contributed by atoms with Gasteiger partial charge in [0.2, 0.25) is 0 Å². The van der Waals surface area contributed by atoms with Gasteiger partial charge in [-0.3, -0.25) is 10.1 Å². The molecule has 0 amide bonds. The Hall–Kier alpha value is -1.21. The van der Waals surface area contributed by atoms with E-state index >= 15 is 0 Å². The highest BCUT2D eigenvalue weighted by Gasteiger charge is 2.16. The van der Waals surface area contributed by atoms with Crippen molar-refractivity contribution in [3.63, 3.8) is 0 Å². The average Bonchev–Trinajstić information content (AvgIpc) is 2.64. The summed E-state index contributed by atoms with van der Waals surface area (Å²) in [5, 5.41) is 14.9. The van der Waals surface area contributed by atoms with Gasteiger partial charge in [-0.05, 0) is 28.1 Å². The molecule has 0 saturated carbocycles. The number of hydrogen-bond acceptors (Lipinski definition) is 3. The molecule has 0 aliphatic heterocycles. The lowest BCUT2D eigenvalue weighted by Gasteiger charge is -2.02. The minimum atomic E-state index is -0.433. The highest BCUT2D eigenvalue weighted by molar-refractivity contribution is 9.10.